The average molecular weight is 266 g/mol. The lowest BCUT2D eigenvalue weighted by Crippen LogP contribution is -2.24. The van der Waals surface area contributed by atoms with Crippen LogP contribution in [0.4, 0.5) is 8.78 Å². The van der Waals surface area contributed by atoms with E-state index in [9.17, 15) is 8.78 Å². The predicted octanol–water partition coefficient (Wildman–Crippen LogP) is 3.84. The van der Waals surface area contributed by atoms with Crippen LogP contribution >= 0.6 is 22.9 Å². The summed E-state index contributed by atoms with van der Waals surface area (Å²) in [4.78, 5) is 1.10. The third-order valence-corrected chi connectivity index (χ3v) is 4.44. The summed E-state index contributed by atoms with van der Waals surface area (Å²) in [5.74, 6) is -3.05. The van der Waals surface area contributed by atoms with Gasteiger partial charge in [-0.25, -0.2) is 8.78 Å². The van der Waals surface area contributed by atoms with Gasteiger partial charge in [-0.1, -0.05) is 11.6 Å². The van der Waals surface area contributed by atoms with Crippen molar-refractivity contribution >= 4 is 22.9 Å². The Labute approximate surface area is 103 Å². The highest BCUT2D eigenvalue weighted by atomic mass is 35.5. The van der Waals surface area contributed by atoms with Crippen LogP contribution in [-0.4, -0.2) is 12.0 Å². The molecular weight excluding hydrogens is 252 g/mol. The first-order valence-corrected chi connectivity index (χ1v) is 6.43. The second kappa shape index (κ2) is 4.24. The standard InChI is InChI=1S/C11H14ClF2NS/c1-6-3-7(16-10(6)12)5-15-9-4-8(9)11(2,13)14/h3,8-9,15H,4-5H2,1-2H3/t8-,9-/m1/s1. The summed E-state index contributed by atoms with van der Waals surface area (Å²) in [5, 5.41) is 3.14. The van der Waals surface area contributed by atoms with Gasteiger partial charge in [-0.15, -0.1) is 11.3 Å². The van der Waals surface area contributed by atoms with E-state index in [2.05, 4.69) is 5.32 Å². The molecule has 0 aliphatic heterocycles. The van der Waals surface area contributed by atoms with Gasteiger partial charge in [0.25, 0.3) is 0 Å². The van der Waals surface area contributed by atoms with Crippen molar-refractivity contribution in [2.45, 2.75) is 38.8 Å². The van der Waals surface area contributed by atoms with Crippen molar-refractivity contribution in [2.75, 3.05) is 0 Å². The maximum absolute atomic E-state index is 12.9. The Morgan fingerprint density at radius 1 is 1.62 bits per heavy atom. The molecule has 1 aliphatic rings. The van der Waals surface area contributed by atoms with Crippen LogP contribution in [0.25, 0.3) is 0 Å². The predicted molar refractivity (Wildman–Crippen MR) is 63.4 cm³/mol. The first kappa shape index (κ1) is 12.3. The smallest absolute Gasteiger partial charge is 0.249 e. The molecule has 1 N–H and O–H groups in total. The summed E-state index contributed by atoms with van der Waals surface area (Å²) in [5.41, 5.74) is 1.05. The molecule has 1 heterocycles. The van der Waals surface area contributed by atoms with E-state index in [1.165, 1.54) is 11.3 Å². The summed E-state index contributed by atoms with van der Waals surface area (Å²) in [6.07, 6.45) is 0.571. The highest BCUT2D eigenvalue weighted by molar-refractivity contribution is 7.16. The fourth-order valence-corrected chi connectivity index (χ4v) is 3.02. The zero-order chi connectivity index (χ0) is 11.9. The molecule has 90 valence electrons. The van der Waals surface area contributed by atoms with Crippen LogP contribution in [0, 0.1) is 12.8 Å². The fourth-order valence-electron chi connectivity index (χ4n) is 1.82. The lowest BCUT2D eigenvalue weighted by molar-refractivity contribution is -0.00508. The topological polar surface area (TPSA) is 12.0 Å². The lowest BCUT2D eigenvalue weighted by atomic mass is 10.2. The van der Waals surface area contributed by atoms with E-state index in [0.29, 0.717) is 13.0 Å². The molecule has 0 bridgehead atoms. The minimum Gasteiger partial charge on any atom is -0.309 e. The Bertz CT molecular complexity index is 366. The van der Waals surface area contributed by atoms with Crippen molar-refractivity contribution in [1.82, 2.24) is 5.32 Å². The van der Waals surface area contributed by atoms with Crippen molar-refractivity contribution in [2.24, 2.45) is 5.92 Å². The molecule has 0 amide bonds. The molecule has 0 aromatic carbocycles. The summed E-state index contributed by atoms with van der Waals surface area (Å²) in [6, 6.07) is 1.96. The van der Waals surface area contributed by atoms with Crippen LogP contribution in [0.3, 0.4) is 0 Å². The van der Waals surface area contributed by atoms with E-state index in [-0.39, 0.29) is 6.04 Å². The maximum Gasteiger partial charge on any atom is 0.249 e. The van der Waals surface area contributed by atoms with Gasteiger partial charge in [0.05, 0.1) is 4.34 Å². The van der Waals surface area contributed by atoms with Crippen molar-refractivity contribution in [3.8, 4) is 0 Å². The minimum absolute atomic E-state index is 0.0406. The Balaban J connectivity index is 1.82. The van der Waals surface area contributed by atoms with Gasteiger partial charge in [-0.3, -0.25) is 0 Å². The molecule has 1 aliphatic carbocycles. The largest absolute Gasteiger partial charge is 0.309 e. The summed E-state index contributed by atoms with van der Waals surface area (Å²) in [6.45, 7) is 3.57. The van der Waals surface area contributed by atoms with E-state index < -0.39 is 11.8 Å². The average Bonchev–Trinajstić information content (AvgIpc) is 2.86. The van der Waals surface area contributed by atoms with E-state index in [0.717, 1.165) is 21.7 Å². The van der Waals surface area contributed by atoms with Gasteiger partial charge in [0.15, 0.2) is 0 Å². The molecule has 0 radical (unpaired) electrons. The number of hydrogen-bond donors (Lipinski definition) is 1. The highest BCUT2D eigenvalue weighted by Gasteiger charge is 2.51. The number of halogens is 3. The Morgan fingerprint density at radius 2 is 2.31 bits per heavy atom. The van der Waals surface area contributed by atoms with Crippen molar-refractivity contribution in [3.63, 3.8) is 0 Å². The molecule has 1 fully saturated rings. The van der Waals surface area contributed by atoms with Crippen LogP contribution in [0.1, 0.15) is 23.8 Å². The zero-order valence-corrected chi connectivity index (χ0v) is 10.8. The van der Waals surface area contributed by atoms with Crippen LogP contribution in [0.5, 0.6) is 0 Å². The molecule has 1 aromatic rings. The summed E-state index contributed by atoms with van der Waals surface area (Å²) >= 11 is 7.44. The van der Waals surface area contributed by atoms with Gasteiger partial charge >= 0.3 is 0 Å². The van der Waals surface area contributed by atoms with Crippen molar-refractivity contribution in [3.05, 3.63) is 20.8 Å². The maximum atomic E-state index is 12.9. The zero-order valence-electron chi connectivity index (χ0n) is 9.19. The SMILES string of the molecule is Cc1cc(CN[C@@H]2C[C@H]2C(C)(F)F)sc1Cl. The lowest BCUT2D eigenvalue weighted by Gasteiger charge is -2.09. The van der Waals surface area contributed by atoms with E-state index in [4.69, 9.17) is 11.6 Å². The van der Waals surface area contributed by atoms with Gasteiger partial charge in [-0.05, 0) is 31.9 Å². The van der Waals surface area contributed by atoms with Gasteiger partial charge in [0, 0.05) is 23.4 Å². The third-order valence-electron chi connectivity index (χ3n) is 2.89. The normalized spacial score (nSPS) is 24.8. The molecule has 0 spiro atoms. The Morgan fingerprint density at radius 3 is 2.75 bits per heavy atom. The molecule has 0 saturated heterocycles. The number of thiophene rings is 1. The molecule has 1 nitrogen and oxygen atoms in total. The van der Waals surface area contributed by atoms with Crippen molar-refractivity contribution < 1.29 is 8.78 Å². The highest BCUT2D eigenvalue weighted by Crippen LogP contribution is 2.43. The monoisotopic (exact) mass is 265 g/mol. The Hall–Kier alpha value is -0.190. The molecular formula is C11H14ClF2NS. The molecule has 1 aromatic heterocycles. The molecule has 2 atom stereocenters. The molecule has 1 saturated carbocycles. The third kappa shape index (κ3) is 2.73. The Kier molecular flexibility index (Phi) is 3.25. The van der Waals surface area contributed by atoms with Gasteiger partial charge in [-0.2, -0.15) is 0 Å². The van der Waals surface area contributed by atoms with E-state index in [1.54, 1.807) is 0 Å². The van der Waals surface area contributed by atoms with Crippen LogP contribution in [0.15, 0.2) is 6.07 Å². The minimum atomic E-state index is -2.55. The van der Waals surface area contributed by atoms with Gasteiger partial charge in [0.2, 0.25) is 5.92 Å². The number of aryl methyl sites for hydroxylation is 1. The first-order chi connectivity index (χ1) is 7.38. The van der Waals surface area contributed by atoms with E-state index >= 15 is 0 Å². The number of nitrogens with one attached hydrogen (secondary N) is 1. The molecule has 16 heavy (non-hydrogen) atoms. The van der Waals surface area contributed by atoms with Crippen LogP contribution < -0.4 is 5.32 Å². The quantitative estimate of drug-likeness (QED) is 0.872. The van der Waals surface area contributed by atoms with Crippen LogP contribution in [0.2, 0.25) is 4.34 Å². The number of alkyl halides is 2. The van der Waals surface area contributed by atoms with Gasteiger partial charge in [0.1, 0.15) is 0 Å². The second-order valence-corrected chi connectivity index (χ2v) is 6.19. The van der Waals surface area contributed by atoms with Crippen LogP contribution in [-0.2, 0) is 6.54 Å². The number of rotatable bonds is 4. The fraction of sp³-hybridized carbons (Fsp3) is 0.636. The van der Waals surface area contributed by atoms with E-state index in [1.807, 2.05) is 13.0 Å². The molecule has 5 heteroatoms. The summed E-state index contributed by atoms with van der Waals surface area (Å²) in [7, 11) is 0. The first-order valence-electron chi connectivity index (χ1n) is 5.24. The second-order valence-electron chi connectivity index (χ2n) is 4.46. The van der Waals surface area contributed by atoms with Crippen molar-refractivity contribution in [1.29, 1.82) is 0 Å². The number of hydrogen-bond acceptors (Lipinski definition) is 2. The molecule has 0 unspecified atom stereocenters. The summed E-state index contributed by atoms with van der Waals surface area (Å²) < 4.78 is 26.6. The molecule has 2 rings (SSSR count). The van der Waals surface area contributed by atoms with Gasteiger partial charge < -0.3 is 5.32 Å².